The highest BCUT2D eigenvalue weighted by molar-refractivity contribution is 6.08. The molecule has 2 heterocycles. The molecular weight excluding hydrogens is 340 g/mol. The molecule has 144 valence electrons. The first-order valence-corrected chi connectivity index (χ1v) is 10.2. The first-order valence-electron chi connectivity index (χ1n) is 10.2. The van der Waals surface area contributed by atoms with Crippen molar-refractivity contribution in [3.8, 4) is 0 Å². The van der Waals surface area contributed by atoms with Crippen LogP contribution in [0.15, 0.2) is 24.4 Å². The second-order valence-corrected chi connectivity index (χ2v) is 8.01. The van der Waals surface area contributed by atoms with Gasteiger partial charge in [-0.2, -0.15) is 0 Å². The number of hydrogen-bond acceptors (Lipinski definition) is 2. The first-order chi connectivity index (χ1) is 13.1. The Morgan fingerprint density at radius 1 is 1.11 bits per heavy atom. The van der Waals surface area contributed by atoms with E-state index < -0.39 is 0 Å². The van der Waals surface area contributed by atoms with Crippen LogP contribution < -0.4 is 15.1 Å². The lowest BCUT2D eigenvalue weighted by Gasteiger charge is -2.28. The number of benzene rings is 1. The third-order valence-corrected chi connectivity index (χ3v) is 5.91. The van der Waals surface area contributed by atoms with Crippen molar-refractivity contribution in [3.63, 3.8) is 0 Å². The summed E-state index contributed by atoms with van der Waals surface area (Å²) in [6.07, 6.45) is 5.09. The number of hydrogen-bond donors (Lipinski definition) is 4. The highest BCUT2D eigenvalue weighted by atomic mass is 16.2. The molecule has 0 unspecified atom stereocenters. The molecule has 6 nitrogen and oxygen atoms in total. The standard InChI is InChI=1S/C21H28N4O2/c1-2-15-4-3-5-17-18(12-22-21(15)17)19(26)13-24-8-10-25(11-9-24)14-20(27)23-16-6-7-16/h3-5,12,16,22H,2,6-11,13-14H2,1H3,(H,23,27)/p+2. The number of amides is 1. The minimum absolute atomic E-state index is 0.178. The lowest BCUT2D eigenvalue weighted by Crippen LogP contribution is -3.28. The molecule has 1 aromatic carbocycles. The summed E-state index contributed by atoms with van der Waals surface area (Å²) in [6, 6.07) is 6.62. The van der Waals surface area contributed by atoms with Gasteiger partial charge in [-0.1, -0.05) is 25.1 Å². The second-order valence-electron chi connectivity index (χ2n) is 8.01. The smallest absolute Gasteiger partial charge is 0.275 e. The van der Waals surface area contributed by atoms with Crippen LogP contribution in [0.4, 0.5) is 0 Å². The largest absolute Gasteiger partial charge is 0.360 e. The minimum atomic E-state index is 0.178. The SMILES string of the molecule is CCc1cccc2c(C(=O)C[NH+]3CC[NH+](CC(=O)NC4CC4)CC3)c[nH]c12. The predicted octanol–water partition coefficient (Wildman–Crippen LogP) is -1.02. The van der Waals surface area contributed by atoms with Crippen LogP contribution in [0.3, 0.4) is 0 Å². The van der Waals surface area contributed by atoms with Crippen LogP contribution in [0.1, 0.15) is 35.7 Å². The van der Waals surface area contributed by atoms with Gasteiger partial charge in [-0.25, -0.2) is 0 Å². The van der Waals surface area contributed by atoms with Gasteiger partial charge < -0.3 is 20.1 Å². The maximum Gasteiger partial charge on any atom is 0.275 e. The number of quaternary nitrogens is 2. The number of piperazine rings is 1. The molecule has 1 saturated heterocycles. The number of rotatable bonds is 7. The fourth-order valence-corrected chi connectivity index (χ4v) is 4.11. The summed E-state index contributed by atoms with van der Waals surface area (Å²) in [7, 11) is 0. The van der Waals surface area contributed by atoms with Crippen molar-refractivity contribution in [3.05, 3.63) is 35.5 Å². The molecule has 1 aliphatic carbocycles. The molecule has 2 fully saturated rings. The van der Waals surface area contributed by atoms with Gasteiger partial charge in [-0.3, -0.25) is 9.59 Å². The van der Waals surface area contributed by atoms with Gasteiger partial charge >= 0.3 is 0 Å². The molecule has 0 spiro atoms. The zero-order valence-corrected chi connectivity index (χ0v) is 16.1. The van der Waals surface area contributed by atoms with E-state index >= 15 is 0 Å². The number of para-hydroxylation sites is 1. The Labute approximate surface area is 159 Å². The fourth-order valence-electron chi connectivity index (χ4n) is 4.11. The van der Waals surface area contributed by atoms with Gasteiger partial charge in [0.25, 0.3) is 5.91 Å². The molecule has 1 saturated carbocycles. The number of nitrogens with one attached hydrogen (secondary N) is 4. The van der Waals surface area contributed by atoms with Gasteiger partial charge in [0.2, 0.25) is 5.78 Å². The normalized spacial score (nSPS) is 22.7. The Bertz CT molecular complexity index is 832. The van der Waals surface area contributed by atoms with Gasteiger partial charge in [0.15, 0.2) is 6.54 Å². The van der Waals surface area contributed by atoms with Crippen molar-refractivity contribution < 1.29 is 19.4 Å². The van der Waals surface area contributed by atoms with Gasteiger partial charge in [-0.15, -0.1) is 0 Å². The molecule has 1 aromatic heterocycles. The minimum Gasteiger partial charge on any atom is -0.360 e. The number of fused-ring (bicyclic) bond motifs is 1. The Kier molecular flexibility index (Phi) is 5.27. The highest BCUT2D eigenvalue weighted by Gasteiger charge is 2.29. The molecule has 2 aromatic rings. The molecule has 1 aliphatic heterocycles. The van der Waals surface area contributed by atoms with Gasteiger partial charge in [0, 0.05) is 28.7 Å². The number of aromatic nitrogens is 1. The molecular formula is C21H30N4O2+2. The van der Waals surface area contributed by atoms with E-state index in [1.165, 1.54) is 15.4 Å². The average Bonchev–Trinajstić information content (AvgIpc) is 3.37. The summed E-state index contributed by atoms with van der Waals surface area (Å²) in [5, 5.41) is 4.11. The summed E-state index contributed by atoms with van der Waals surface area (Å²) in [4.78, 5) is 30.8. The van der Waals surface area contributed by atoms with E-state index in [-0.39, 0.29) is 11.7 Å². The third kappa shape index (κ3) is 4.22. The number of aromatic amines is 1. The molecule has 2 aliphatic rings. The maximum absolute atomic E-state index is 12.9. The first kappa shape index (κ1) is 18.2. The highest BCUT2D eigenvalue weighted by Crippen LogP contribution is 2.22. The molecule has 4 N–H and O–H groups in total. The Morgan fingerprint density at radius 2 is 1.81 bits per heavy atom. The number of Topliss-reactive ketones (excluding diaryl/α,β-unsaturated/α-hetero) is 1. The van der Waals surface area contributed by atoms with Crippen molar-refractivity contribution in [2.24, 2.45) is 0 Å². The van der Waals surface area contributed by atoms with Crippen molar-refractivity contribution in [1.82, 2.24) is 10.3 Å². The van der Waals surface area contributed by atoms with Crippen LogP contribution in [0.2, 0.25) is 0 Å². The van der Waals surface area contributed by atoms with E-state index in [9.17, 15) is 9.59 Å². The van der Waals surface area contributed by atoms with Gasteiger partial charge in [0.05, 0.1) is 0 Å². The Balaban J connectivity index is 1.31. The Morgan fingerprint density at radius 3 is 2.48 bits per heavy atom. The van der Waals surface area contributed by atoms with Crippen molar-refractivity contribution in [1.29, 1.82) is 0 Å². The summed E-state index contributed by atoms with van der Waals surface area (Å²) < 4.78 is 0. The predicted molar refractivity (Wildman–Crippen MR) is 104 cm³/mol. The van der Waals surface area contributed by atoms with E-state index in [0.717, 1.165) is 61.9 Å². The summed E-state index contributed by atoms with van der Waals surface area (Å²) in [5.41, 5.74) is 3.15. The van der Waals surface area contributed by atoms with Crippen molar-refractivity contribution >= 4 is 22.6 Å². The molecule has 27 heavy (non-hydrogen) atoms. The molecule has 0 atom stereocenters. The van der Waals surface area contributed by atoms with E-state index in [1.54, 1.807) is 0 Å². The van der Waals surface area contributed by atoms with Crippen LogP contribution in [0.5, 0.6) is 0 Å². The molecule has 1 amide bonds. The van der Waals surface area contributed by atoms with Crippen molar-refractivity contribution in [2.75, 3.05) is 39.3 Å². The number of H-pyrrole nitrogens is 1. The fraction of sp³-hybridized carbons (Fsp3) is 0.524. The quantitative estimate of drug-likeness (QED) is 0.471. The molecule has 4 rings (SSSR count). The van der Waals surface area contributed by atoms with E-state index in [4.69, 9.17) is 0 Å². The summed E-state index contributed by atoms with van der Waals surface area (Å²) >= 11 is 0. The van der Waals surface area contributed by atoms with Crippen LogP contribution in [-0.4, -0.2) is 62.0 Å². The third-order valence-electron chi connectivity index (χ3n) is 5.91. The lowest BCUT2D eigenvalue weighted by atomic mass is 10.0. The average molecular weight is 370 g/mol. The summed E-state index contributed by atoms with van der Waals surface area (Å²) in [6.45, 7) is 7.03. The monoisotopic (exact) mass is 370 g/mol. The molecule has 0 radical (unpaired) electrons. The zero-order valence-electron chi connectivity index (χ0n) is 16.1. The van der Waals surface area contributed by atoms with Gasteiger partial charge in [0.1, 0.15) is 32.7 Å². The number of carbonyl (C=O) groups is 2. The Hall–Kier alpha value is -2.18. The number of ketones is 1. The molecule has 6 heteroatoms. The summed E-state index contributed by atoms with van der Waals surface area (Å²) in [5.74, 6) is 0.386. The second kappa shape index (κ2) is 7.82. The topological polar surface area (TPSA) is 70.8 Å². The maximum atomic E-state index is 12.9. The van der Waals surface area contributed by atoms with Crippen LogP contribution in [0.25, 0.3) is 10.9 Å². The lowest BCUT2D eigenvalue weighted by molar-refractivity contribution is -1.00. The van der Waals surface area contributed by atoms with Crippen LogP contribution >= 0.6 is 0 Å². The van der Waals surface area contributed by atoms with Crippen molar-refractivity contribution in [2.45, 2.75) is 32.2 Å². The van der Waals surface area contributed by atoms with E-state index in [0.29, 0.717) is 19.1 Å². The molecule has 0 bridgehead atoms. The van der Waals surface area contributed by atoms with Gasteiger partial charge in [-0.05, 0) is 24.8 Å². The number of aryl methyl sites for hydroxylation is 1. The zero-order chi connectivity index (χ0) is 18.8. The van der Waals surface area contributed by atoms with Crippen LogP contribution in [-0.2, 0) is 11.2 Å². The van der Waals surface area contributed by atoms with Crippen LogP contribution in [0, 0.1) is 0 Å². The van der Waals surface area contributed by atoms with E-state index in [1.807, 2.05) is 18.3 Å². The van der Waals surface area contributed by atoms with E-state index in [2.05, 4.69) is 23.3 Å². The number of carbonyl (C=O) groups excluding carboxylic acids is 2.